The Balaban J connectivity index is 1.70. The van der Waals surface area contributed by atoms with Crippen molar-refractivity contribution in [2.45, 2.75) is 0 Å². The summed E-state index contributed by atoms with van der Waals surface area (Å²) in [5.74, 6) is 1.13. The summed E-state index contributed by atoms with van der Waals surface area (Å²) in [6.07, 6.45) is 1.59. The molecule has 0 unspecified atom stereocenters. The summed E-state index contributed by atoms with van der Waals surface area (Å²) in [7, 11) is 1.78. The Hall–Kier alpha value is -2.54. The van der Waals surface area contributed by atoms with Crippen LogP contribution in [0.1, 0.15) is 0 Å². The van der Waals surface area contributed by atoms with Crippen LogP contribution in [0.4, 0.5) is 28.8 Å². The number of nitrogens with two attached hydrogens (primary N) is 1. The minimum Gasteiger partial charge on any atom is -0.394 e. The van der Waals surface area contributed by atoms with Crippen LogP contribution in [0.25, 0.3) is 0 Å². The van der Waals surface area contributed by atoms with E-state index in [4.69, 9.17) is 10.5 Å². The lowest BCUT2D eigenvalue weighted by Crippen LogP contribution is -2.36. The van der Waals surface area contributed by atoms with Crippen LogP contribution in [0.3, 0.4) is 0 Å². The Bertz CT molecular complexity index is 624. The van der Waals surface area contributed by atoms with E-state index in [1.165, 1.54) is 5.69 Å². The quantitative estimate of drug-likeness (QED) is 0.791. The fraction of sp³-hybridized carbons (Fsp3) is 0.333. The van der Waals surface area contributed by atoms with E-state index >= 15 is 0 Å². The van der Waals surface area contributed by atoms with Gasteiger partial charge in [0.05, 0.1) is 25.1 Å². The molecule has 0 saturated carbocycles. The molecule has 3 rings (SSSR count). The van der Waals surface area contributed by atoms with Crippen molar-refractivity contribution >= 4 is 28.8 Å². The first-order valence-electron chi connectivity index (χ1n) is 7.26. The van der Waals surface area contributed by atoms with E-state index in [-0.39, 0.29) is 0 Å². The molecule has 1 aliphatic heterocycles. The average Bonchev–Trinajstić information content (AvgIpc) is 2.58. The summed E-state index contributed by atoms with van der Waals surface area (Å²) < 4.78 is 5.37. The second-order valence-electron chi connectivity index (χ2n) is 5.02. The van der Waals surface area contributed by atoms with E-state index in [1.807, 2.05) is 12.1 Å². The van der Waals surface area contributed by atoms with Gasteiger partial charge in [0.1, 0.15) is 0 Å². The summed E-state index contributed by atoms with van der Waals surface area (Å²) in [4.78, 5) is 10.8. The highest BCUT2D eigenvalue weighted by Crippen LogP contribution is 2.22. The van der Waals surface area contributed by atoms with Crippen molar-refractivity contribution in [1.29, 1.82) is 0 Å². The maximum Gasteiger partial charge on any atom is 0.229 e. The van der Waals surface area contributed by atoms with Crippen LogP contribution in [0.15, 0.2) is 30.5 Å². The first-order valence-corrected chi connectivity index (χ1v) is 7.26. The molecular formula is C15H20N6O. The number of nitrogens with one attached hydrogen (secondary N) is 2. The predicted molar refractivity (Wildman–Crippen MR) is 88.7 cm³/mol. The summed E-state index contributed by atoms with van der Waals surface area (Å²) >= 11 is 0. The minimum absolute atomic E-state index is 0.512. The standard InChI is InChI=1S/C15H20N6O/c1-17-14-13(16)10-18-15(20-14)19-11-2-4-12(5-3-11)21-6-8-22-9-7-21/h2-5,10H,6-9,16H2,1H3,(H2,17,18,19,20). The molecule has 4 N–H and O–H groups in total. The van der Waals surface area contributed by atoms with E-state index in [9.17, 15) is 0 Å². The maximum atomic E-state index is 5.76. The van der Waals surface area contributed by atoms with Crippen LogP contribution >= 0.6 is 0 Å². The van der Waals surface area contributed by atoms with Crippen LogP contribution in [0.5, 0.6) is 0 Å². The van der Waals surface area contributed by atoms with Gasteiger partial charge >= 0.3 is 0 Å². The van der Waals surface area contributed by atoms with Gasteiger partial charge in [-0.25, -0.2) is 4.98 Å². The molecule has 2 heterocycles. The highest BCUT2D eigenvalue weighted by atomic mass is 16.5. The third-order valence-electron chi connectivity index (χ3n) is 3.55. The average molecular weight is 300 g/mol. The third kappa shape index (κ3) is 3.20. The zero-order valence-corrected chi connectivity index (χ0v) is 12.5. The predicted octanol–water partition coefficient (Wildman–Crippen LogP) is 1.68. The summed E-state index contributed by atoms with van der Waals surface area (Å²) in [6.45, 7) is 3.43. The van der Waals surface area contributed by atoms with Crippen molar-refractivity contribution in [3.05, 3.63) is 30.5 Å². The molecule has 0 aliphatic carbocycles. The van der Waals surface area contributed by atoms with Gasteiger partial charge < -0.3 is 26.0 Å². The van der Waals surface area contributed by atoms with Gasteiger partial charge in [-0.1, -0.05) is 0 Å². The fourth-order valence-corrected chi connectivity index (χ4v) is 2.36. The molecule has 0 spiro atoms. The molecule has 7 heteroatoms. The minimum atomic E-state index is 0.512. The van der Waals surface area contributed by atoms with Gasteiger partial charge in [-0.15, -0.1) is 0 Å². The van der Waals surface area contributed by atoms with Gasteiger partial charge in [0.15, 0.2) is 5.82 Å². The van der Waals surface area contributed by atoms with E-state index in [0.717, 1.165) is 32.0 Å². The topological polar surface area (TPSA) is 88.3 Å². The van der Waals surface area contributed by atoms with Crippen molar-refractivity contribution < 1.29 is 4.74 Å². The molecule has 7 nitrogen and oxygen atoms in total. The normalized spacial score (nSPS) is 14.7. The zero-order valence-electron chi connectivity index (χ0n) is 12.5. The van der Waals surface area contributed by atoms with Gasteiger partial charge in [0.2, 0.25) is 5.95 Å². The zero-order chi connectivity index (χ0) is 15.4. The first-order chi connectivity index (χ1) is 10.8. The van der Waals surface area contributed by atoms with Gasteiger partial charge in [0.25, 0.3) is 0 Å². The number of rotatable bonds is 4. The molecule has 1 saturated heterocycles. The van der Waals surface area contributed by atoms with Crippen molar-refractivity contribution in [3.8, 4) is 0 Å². The van der Waals surface area contributed by atoms with Crippen molar-refractivity contribution in [1.82, 2.24) is 9.97 Å². The lowest BCUT2D eigenvalue weighted by Gasteiger charge is -2.28. The molecule has 22 heavy (non-hydrogen) atoms. The number of hydrogen-bond donors (Lipinski definition) is 3. The second-order valence-corrected chi connectivity index (χ2v) is 5.02. The lowest BCUT2D eigenvalue weighted by atomic mass is 10.2. The highest BCUT2D eigenvalue weighted by molar-refractivity contribution is 5.64. The van der Waals surface area contributed by atoms with Crippen molar-refractivity contribution in [3.63, 3.8) is 0 Å². The number of aromatic nitrogens is 2. The van der Waals surface area contributed by atoms with Gasteiger partial charge in [0, 0.05) is 31.5 Å². The number of benzene rings is 1. The van der Waals surface area contributed by atoms with Gasteiger partial charge in [-0.3, -0.25) is 0 Å². The summed E-state index contributed by atoms with van der Waals surface area (Å²) in [5.41, 5.74) is 8.42. The smallest absolute Gasteiger partial charge is 0.229 e. The molecule has 116 valence electrons. The van der Waals surface area contributed by atoms with E-state index < -0.39 is 0 Å². The molecule has 1 fully saturated rings. The molecule has 1 aromatic heterocycles. The first kappa shape index (κ1) is 14.4. The second kappa shape index (κ2) is 6.48. The molecule has 1 aliphatic rings. The molecular weight excluding hydrogens is 280 g/mol. The molecule has 2 aromatic rings. The maximum absolute atomic E-state index is 5.76. The number of morpholine rings is 1. The number of ether oxygens (including phenoxy) is 1. The number of hydrogen-bond acceptors (Lipinski definition) is 7. The van der Waals surface area contributed by atoms with Crippen LogP contribution in [-0.4, -0.2) is 43.3 Å². The Morgan fingerprint density at radius 3 is 2.59 bits per heavy atom. The fourth-order valence-electron chi connectivity index (χ4n) is 2.36. The van der Waals surface area contributed by atoms with Crippen LogP contribution in [-0.2, 0) is 4.74 Å². The molecule has 0 atom stereocenters. The van der Waals surface area contributed by atoms with Crippen LogP contribution in [0.2, 0.25) is 0 Å². The van der Waals surface area contributed by atoms with Gasteiger partial charge in [-0.05, 0) is 24.3 Å². The number of nitrogens with zero attached hydrogens (tertiary/aromatic N) is 3. The van der Waals surface area contributed by atoms with E-state index in [1.54, 1.807) is 13.2 Å². The van der Waals surface area contributed by atoms with Gasteiger partial charge in [-0.2, -0.15) is 4.98 Å². The Labute approximate surface area is 129 Å². The highest BCUT2D eigenvalue weighted by Gasteiger charge is 2.11. The SMILES string of the molecule is CNc1nc(Nc2ccc(N3CCOCC3)cc2)ncc1N. The molecule has 0 radical (unpaired) electrons. The Morgan fingerprint density at radius 1 is 1.18 bits per heavy atom. The Kier molecular flexibility index (Phi) is 4.24. The summed E-state index contributed by atoms with van der Waals surface area (Å²) in [5, 5.41) is 6.11. The Morgan fingerprint density at radius 2 is 1.91 bits per heavy atom. The van der Waals surface area contributed by atoms with Crippen molar-refractivity contribution in [2.75, 3.05) is 54.6 Å². The number of nitrogen functional groups attached to an aromatic ring is 1. The van der Waals surface area contributed by atoms with Crippen LogP contribution < -0.4 is 21.3 Å². The third-order valence-corrected chi connectivity index (χ3v) is 3.55. The monoisotopic (exact) mass is 300 g/mol. The largest absolute Gasteiger partial charge is 0.394 e. The van der Waals surface area contributed by atoms with Crippen molar-refractivity contribution in [2.24, 2.45) is 0 Å². The molecule has 1 aromatic carbocycles. The lowest BCUT2D eigenvalue weighted by molar-refractivity contribution is 0.122. The molecule has 0 amide bonds. The number of anilines is 5. The van der Waals surface area contributed by atoms with E-state index in [0.29, 0.717) is 17.5 Å². The molecule has 0 bridgehead atoms. The van der Waals surface area contributed by atoms with Crippen LogP contribution in [0, 0.1) is 0 Å². The van der Waals surface area contributed by atoms with E-state index in [2.05, 4.69) is 37.6 Å². The summed E-state index contributed by atoms with van der Waals surface area (Å²) in [6, 6.07) is 8.21.